The summed E-state index contributed by atoms with van der Waals surface area (Å²) in [7, 11) is 0. The summed E-state index contributed by atoms with van der Waals surface area (Å²) in [5.74, 6) is 1.62. The number of hydrogen-bond donors (Lipinski definition) is 3. The van der Waals surface area contributed by atoms with Gasteiger partial charge in [0.2, 0.25) is 0 Å². The van der Waals surface area contributed by atoms with Crippen molar-refractivity contribution in [1.82, 2.24) is 10.6 Å². The van der Waals surface area contributed by atoms with Gasteiger partial charge in [0.15, 0.2) is 5.96 Å². The quantitative estimate of drug-likeness (QED) is 0.527. The lowest BCUT2D eigenvalue weighted by Gasteiger charge is -2.30. The monoisotopic (exact) mass is 253 g/mol. The highest BCUT2D eigenvalue weighted by Gasteiger charge is 2.33. The van der Waals surface area contributed by atoms with Gasteiger partial charge in [-0.25, -0.2) is 0 Å². The van der Waals surface area contributed by atoms with Crippen molar-refractivity contribution in [3.63, 3.8) is 0 Å². The fourth-order valence-corrected chi connectivity index (χ4v) is 2.61. The smallest absolute Gasteiger partial charge is 0.191 e. The lowest BCUT2D eigenvalue weighted by Crippen LogP contribution is -2.42. The van der Waals surface area contributed by atoms with E-state index in [1.165, 1.54) is 12.8 Å². The number of hydrogen-bond acceptors (Lipinski definition) is 2. The fourth-order valence-electron chi connectivity index (χ4n) is 2.61. The number of nitrogens with one attached hydrogen (secondary N) is 2. The van der Waals surface area contributed by atoms with E-state index in [4.69, 9.17) is 0 Å². The number of aliphatic imine (C=N–C) groups is 1. The third-order valence-electron chi connectivity index (χ3n) is 4.09. The maximum Gasteiger partial charge on any atom is 0.191 e. The first-order valence-electron chi connectivity index (χ1n) is 7.40. The summed E-state index contributed by atoms with van der Waals surface area (Å²) < 4.78 is 0. The first-order valence-corrected chi connectivity index (χ1v) is 7.40. The molecule has 2 aliphatic carbocycles. The van der Waals surface area contributed by atoms with Crippen LogP contribution >= 0.6 is 0 Å². The molecule has 2 atom stereocenters. The Labute approximate surface area is 110 Å². The van der Waals surface area contributed by atoms with E-state index < -0.39 is 5.60 Å². The summed E-state index contributed by atoms with van der Waals surface area (Å²) >= 11 is 0. The molecule has 4 nitrogen and oxygen atoms in total. The second-order valence-corrected chi connectivity index (χ2v) is 5.94. The zero-order valence-corrected chi connectivity index (χ0v) is 11.7. The van der Waals surface area contributed by atoms with Crippen LogP contribution in [-0.2, 0) is 0 Å². The summed E-state index contributed by atoms with van der Waals surface area (Å²) in [6, 6.07) is 0.573. The van der Waals surface area contributed by atoms with Crippen LogP contribution in [0.25, 0.3) is 0 Å². The van der Waals surface area contributed by atoms with Gasteiger partial charge in [-0.05, 0) is 32.1 Å². The maximum absolute atomic E-state index is 10.4. The van der Waals surface area contributed by atoms with E-state index in [-0.39, 0.29) is 0 Å². The molecule has 0 aromatic rings. The molecule has 0 amide bonds. The van der Waals surface area contributed by atoms with Gasteiger partial charge in [0.05, 0.1) is 12.1 Å². The van der Waals surface area contributed by atoms with Gasteiger partial charge in [0, 0.05) is 12.6 Å². The molecule has 4 heteroatoms. The molecule has 2 aliphatic rings. The molecule has 0 radical (unpaired) electrons. The zero-order chi connectivity index (χ0) is 13.0. The molecule has 0 aliphatic heterocycles. The molecule has 0 aromatic heterocycles. The largest absolute Gasteiger partial charge is 0.388 e. The molecule has 18 heavy (non-hydrogen) atoms. The van der Waals surface area contributed by atoms with Crippen molar-refractivity contribution in [3.8, 4) is 0 Å². The van der Waals surface area contributed by atoms with Gasteiger partial charge in [0.1, 0.15) is 0 Å². The van der Waals surface area contributed by atoms with Crippen molar-refractivity contribution in [1.29, 1.82) is 0 Å². The predicted octanol–water partition coefficient (Wildman–Crippen LogP) is 1.65. The molecule has 104 valence electrons. The van der Waals surface area contributed by atoms with Crippen molar-refractivity contribution in [2.75, 3.05) is 13.1 Å². The van der Waals surface area contributed by atoms with Crippen molar-refractivity contribution >= 4 is 5.96 Å². The van der Waals surface area contributed by atoms with Crippen LogP contribution in [0.15, 0.2) is 4.99 Å². The topological polar surface area (TPSA) is 56.7 Å². The number of rotatable bonds is 4. The highest BCUT2D eigenvalue weighted by atomic mass is 16.3. The van der Waals surface area contributed by atoms with Gasteiger partial charge in [-0.1, -0.05) is 26.2 Å². The van der Waals surface area contributed by atoms with Gasteiger partial charge in [0.25, 0.3) is 0 Å². The first-order chi connectivity index (χ1) is 8.63. The highest BCUT2D eigenvalue weighted by molar-refractivity contribution is 5.80. The molecule has 3 N–H and O–H groups in total. The molecule has 2 saturated carbocycles. The lowest BCUT2D eigenvalue weighted by atomic mass is 9.85. The van der Waals surface area contributed by atoms with Crippen LogP contribution in [0.2, 0.25) is 0 Å². The van der Waals surface area contributed by atoms with Gasteiger partial charge in [-0.2, -0.15) is 0 Å². The second kappa shape index (κ2) is 5.91. The van der Waals surface area contributed by atoms with E-state index in [1.54, 1.807) is 0 Å². The van der Waals surface area contributed by atoms with Crippen LogP contribution in [0.1, 0.15) is 52.4 Å². The Morgan fingerprint density at radius 2 is 2.00 bits per heavy atom. The van der Waals surface area contributed by atoms with E-state index in [0.717, 1.165) is 44.1 Å². The van der Waals surface area contributed by atoms with E-state index in [2.05, 4.69) is 29.5 Å². The number of aliphatic hydroxyl groups is 1. The van der Waals surface area contributed by atoms with Gasteiger partial charge < -0.3 is 15.7 Å². The Bertz CT molecular complexity index is 297. The molecule has 0 aromatic carbocycles. The third kappa shape index (κ3) is 3.87. The van der Waals surface area contributed by atoms with Crippen molar-refractivity contribution in [2.45, 2.75) is 64.0 Å². The summed E-state index contributed by atoms with van der Waals surface area (Å²) in [5.41, 5.74) is -0.560. The molecule has 0 saturated heterocycles. The van der Waals surface area contributed by atoms with Crippen molar-refractivity contribution in [2.24, 2.45) is 10.9 Å². The molecule has 0 heterocycles. The minimum atomic E-state index is -0.560. The van der Waals surface area contributed by atoms with Crippen LogP contribution in [0.3, 0.4) is 0 Å². The van der Waals surface area contributed by atoms with Gasteiger partial charge in [-0.3, -0.25) is 4.99 Å². The third-order valence-corrected chi connectivity index (χ3v) is 4.09. The minimum absolute atomic E-state index is 0.531. The predicted molar refractivity (Wildman–Crippen MR) is 74.7 cm³/mol. The lowest BCUT2D eigenvalue weighted by molar-refractivity contribution is 0.0131. The standard InChI is InChI=1S/C14H27N3O/c1-3-15-13(17-12-9-11(12)2)16-10-14(18)7-5-4-6-8-14/h11-12,18H,3-10H2,1-2H3,(H2,15,16,17). The van der Waals surface area contributed by atoms with Crippen LogP contribution in [0.5, 0.6) is 0 Å². The maximum atomic E-state index is 10.4. The molecular formula is C14H27N3O. The highest BCUT2D eigenvalue weighted by Crippen LogP contribution is 2.29. The Morgan fingerprint density at radius 3 is 2.56 bits per heavy atom. The van der Waals surface area contributed by atoms with Gasteiger partial charge >= 0.3 is 0 Å². The van der Waals surface area contributed by atoms with Crippen LogP contribution < -0.4 is 10.6 Å². The molecule has 0 spiro atoms. The molecular weight excluding hydrogens is 226 g/mol. The summed E-state index contributed by atoms with van der Waals surface area (Å²) in [4.78, 5) is 4.57. The van der Waals surface area contributed by atoms with Gasteiger partial charge in [-0.15, -0.1) is 0 Å². The Hall–Kier alpha value is -0.770. The van der Waals surface area contributed by atoms with Crippen LogP contribution in [0.4, 0.5) is 0 Å². The summed E-state index contributed by atoms with van der Waals surface area (Å²) in [6.45, 7) is 5.72. The first kappa shape index (κ1) is 13.7. The minimum Gasteiger partial charge on any atom is -0.388 e. The normalized spacial score (nSPS) is 30.9. The summed E-state index contributed by atoms with van der Waals surface area (Å²) in [5, 5.41) is 17.1. The van der Waals surface area contributed by atoms with E-state index in [1.807, 2.05) is 0 Å². The van der Waals surface area contributed by atoms with E-state index in [0.29, 0.717) is 12.6 Å². The SMILES string of the molecule is CCNC(=NCC1(O)CCCCC1)NC1CC1C. The fraction of sp³-hybridized carbons (Fsp3) is 0.929. The van der Waals surface area contributed by atoms with Crippen molar-refractivity contribution in [3.05, 3.63) is 0 Å². The van der Waals surface area contributed by atoms with Crippen LogP contribution in [0, 0.1) is 5.92 Å². The van der Waals surface area contributed by atoms with E-state index in [9.17, 15) is 5.11 Å². The molecule has 0 bridgehead atoms. The van der Waals surface area contributed by atoms with Crippen molar-refractivity contribution < 1.29 is 5.11 Å². The number of guanidine groups is 1. The van der Waals surface area contributed by atoms with Crippen LogP contribution in [-0.4, -0.2) is 35.8 Å². The average Bonchev–Trinajstić information content (AvgIpc) is 3.03. The average molecular weight is 253 g/mol. The second-order valence-electron chi connectivity index (χ2n) is 5.94. The van der Waals surface area contributed by atoms with E-state index >= 15 is 0 Å². The molecule has 2 unspecified atom stereocenters. The molecule has 2 fully saturated rings. The Kier molecular flexibility index (Phi) is 4.49. The molecule has 2 rings (SSSR count). The Morgan fingerprint density at radius 1 is 1.33 bits per heavy atom. The Balaban J connectivity index is 1.86. The summed E-state index contributed by atoms with van der Waals surface area (Å²) in [6.07, 6.45) is 6.55. The zero-order valence-electron chi connectivity index (χ0n) is 11.7. The number of nitrogens with zero attached hydrogens (tertiary/aromatic N) is 1.